The average molecular weight is 304 g/mol. The van der Waals surface area contributed by atoms with E-state index in [0.717, 1.165) is 12.0 Å². The van der Waals surface area contributed by atoms with Crippen LogP contribution in [0.4, 0.5) is 13.2 Å². The van der Waals surface area contributed by atoms with Gasteiger partial charge in [-0.25, -0.2) is 0 Å². The second-order valence-electron chi connectivity index (χ2n) is 5.61. The molecule has 2 atom stereocenters. The molecular formula is C15H23F3N2O. The first kappa shape index (κ1) is 17.8. The second-order valence-corrected chi connectivity index (χ2v) is 5.61. The van der Waals surface area contributed by atoms with Crippen molar-refractivity contribution in [3.63, 3.8) is 0 Å². The van der Waals surface area contributed by atoms with Crippen LogP contribution in [0.15, 0.2) is 24.3 Å². The summed E-state index contributed by atoms with van der Waals surface area (Å²) < 4.78 is 40.1. The summed E-state index contributed by atoms with van der Waals surface area (Å²) in [6.45, 7) is 4.15. The Morgan fingerprint density at radius 2 is 1.71 bits per heavy atom. The van der Waals surface area contributed by atoms with Crippen LogP contribution in [0.25, 0.3) is 0 Å². The number of likely N-dealkylation sites (N-methyl/N-ethyl adjacent to an activating group) is 1. The van der Waals surface area contributed by atoms with Crippen LogP contribution < -0.4 is 10.5 Å². The minimum atomic E-state index is -4.66. The molecule has 0 heterocycles. The summed E-state index contributed by atoms with van der Waals surface area (Å²) in [5, 5.41) is 0. The third-order valence-corrected chi connectivity index (χ3v) is 4.15. The Morgan fingerprint density at radius 1 is 1.19 bits per heavy atom. The molecule has 1 rings (SSSR count). The lowest BCUT2D eigenvalue weighted by atomic mass is 9.85. The summed E-state index contributed by atoms with van der Waals surface area (Å²) in [6.07, 6.45) is -3.19. The number of halogens is 3. The van der Waals surface area contributed by atoms with Gasteiger partial charge in [0.05, 0.1) is 0 Å². The molecule has 0 saturated carbocycles. The Labute approximate surface area is 123 Å². The van der Waals surface area contributed by atoms with Crippen molar-refractivity contribution < 1.29 is 17.9 Å². The fourth-order valence-corrected chi connectivity index (χ4v) is 2.21. The molecule has 0 fully saturated rings. The maximum absolute atomic E-state index is 12.1. The van der Waals surface area contributed by atoms with Crippen molar-refractivity contribution in [2.24, 2.45) is 5.73 Å². The largest absolute Gasteiger partial charge is 0.573 e. The molecule has 1 aromatic carbocycles. The number of benzene rings is 1. The molecule has 6 heteroatoms. The molecular weight excluding hydrogens is 281 g/mol. The molecule has 0 aliphatic carbocycles. The van der Waals surface area contributed by atoms with E-state index >= 15 is 0 Å². The van der Waals surface area contributed by atoms with E-state index in [-0.39, 0.29) is 17.3 Å². The van der Waals surface area contributed by atoms with Crippen LogP contribution in [0.2, 0.25) is 0 Å². The number of nitrogens with two attached hydrogens (primary N) is 1. The minimum Gasteiger partial charge on any atom is -0.406 e. The quantitative estimate of drug-likeness (QED) is 0.877. The first-order chi connectivity index (χ1) is 9.58. The van der Waals surface area contributed by atoms with Crippen molar-refractivity contribution in [1.82, 2.24) is 4.90 Å². The average Bonchev–Trinajstić information content (AvgIpc) is 2.38. The monoisotopic (exact) mass is 304 g/mol. The molecule has 120 valence electrons. The summed E-state index contributed by atoms with van der Waals surface area (Å²) in [5.74, 6) is -0.217. The third-order valence-electron chi connectivity index (χ3n) is 4.15. The summed E-state index contributed by atoms with van der Waals surface area (Å²) in [5.41, 5.74) is 7.00. The molecule has 2 unspecified atom stereocenters. The fourth-order valence-electron chi connectivity index (χ4n) is 2.21. The smallest absolute Gasteiger partial charge is 0.406 e. The first-order valence-corrected chi connectivity index (χ1v) is 6.86. The molecule has 0 radical (unpaired) electrons. The molecule has 21 heavy (non-hydrogen) atoms. The van der Waals surface area contributed by atoms with E-state index in [0.29, 0.717) is 6.42 Å². The SMILES string of the molecule is CCC(C)(C(N)Cc1ccc(OC(F)(F)F)cc1)N(C)C. The van der Waals surface area contributed by atoms with E-state index in [2.05, 4.69) is 23.5 Å². The Balaban J connectivity index is 2.76. The van der Waals surface area contributed by atoms with Crippen molar-refractivity contribution in [2.75, 3.05) is 14.1 Å². The maximum Gasteiger partial charge on any atom is 0.573 e. The van der Waals surface area contributed by atoms with Gasteiger partial charge in [0.2, 0.25) is 0 Å². The van der Waals surface area contributed by atoms with Gasteiger partial charge in [-0.1, -0.05) is 19.1 Å². The highest BCUT2D eigenvalue weighted by atomic mass is 19.4. The lowest BCUT2D eigenvalue weighted by Crippen LogP contribution is -2.55. The summed E-state index contributed by atoms with van der Waals surface area (Å²) in [4.78, 5) is 2.08. The fraction of sp³-hybridized carbons (Fsp3) is 0.600. The van der Waals surface area contributed by atoms with Crippen LogP contribution in [-0.4, -0.2) is 36.9 Å². The van der Waals surface area contributed by atoms with Crippen LogP contribution in [0.1, 0.15) is 25.8 Å². The number of hydrogen-bond donors (Lipinski definition) is 1. The van der Waals surface area contributed by atoms with Gasteiger partial charge in [0.25, 0.3) is 0 Å². The summed E-state index contributed by atoms with van der Waals surface area (Å²) >= 11 is 0. The van der Waals surface area contributed by atoms with Crippen molar-refractivity contribution in [2.45, 2.75) is 44.6 Å². The molecule has 0 amide bonds. The lowest BCUT2D eigenvalue weighted by molar-refractivity contribution is -0.274. The molecule has 1 aromatic rings. The number of nitrogens with zero attached hydrogens (tertiary/aromatic N) is 1. The zero-order valence-corrected chi connectivity index (χ0v) is 12.9. The van der Waals surface area contributed by atoms with Crippen LogP contribution in [0.5, 0.6) is 5.75 Å². The predicted octanol–water partition coefficient (Wildman–Crippen LogP) is 3.19. The Bertz CT molecular complexity index is 445. The van der Waals surface area contributed by atoms with Crippen molar-refractivity contribution in [3.05, 3.63) is 29.8 Å². The van der Waals surface area contributed by atoms with E-state index < -0.39 is 6.36 Å². The zero-order valence-electron chi connectivity index (χ0n) is 12.9. The van der Waals surface area contributed by atoms with Gasteiger partial charge in [-0.15, -0.1) is 13.2 Å². The van der Waals surface area contributed by atoms with Crippen molar-refractivity contribution in [3.8, 4) is 5.75 Å². The first-order valence-electron chi connectivity index (χ1n) is 6.86. The molecule has 0 saturated heterocycles. The molecule has 2 N–H and O–H groups in total. The standard InChI is InChI=1S/C15H23F3N2O/c1-5-14(2,20(3)4)13(19)10-11-6-8-12(9-7-11)21-15(16,17)18/h6-9,13H,5,10,19H2,1-4H3. The van der Waals surface area contributed by atoms with Gasteiger partial charge in [-0.2, -0.15) is 0 Å². The van der Waals surface area contributed by atoms with Crippen LogP contribution in [0, 0.1) is 0 Å². The van der Waals surface area contributed by atoms with Gasteiger partial charge < -0.3 is 15.4 Å². The molecule has 0 spiro atoms. The van der Waals surface area contributed by atoms with Gasteiger partial charge in [0.1, 0.15) is 5.75 Å². The van der Waals surface area contributed by atoms with Gasteiger partial charge in [-0.05, 0) is 51.6 Å². The third kappa shape index (κ3) is 4.89. The van der Waals surface area contributed by atoms with Crippen LogP contribution in [0.3, 0.4) is 0 Å². The number of ether oxygens (including phenoxy) is 1. The molecule has 0 aliphatic heterocycles. The van der Waals surface area contributed by atoms with Crippen molar-refractivity contribution in [1.29, 1.82) is 0 Å². The molecule has 0 bridgehead atoms. The van der Waals surface area contributed by atoms with E-state index in [9.17, 15) is 13.2 Å². The number of hydrogen-bond acceptors (Lipinski definition) is 3. The van der Waals surface area contributed by atoms with Crippen molar-refractivity contribution >= 4 is 0 Å². The maximum atomic E-state index is 12.1. The van der Waals surface area contributed by atoms with E-state index in [1.807, 2.05) is 14.1 Å². The van der Waals surface area contributed by atoms with Gasteiger partial charge in [0.15, 0.2) is 0 Å². The van der Waals surface area contributed by atoms with Gasteiger partial charge >= 0.3 is 6.36 Å². The zero-order chi connectivity index (χ0) is 16.3. The lowest BCUT2D eigenvalue weighted by Gasteiger charge is -2.41. The Kier molecular flexibility index (Phi) is 5.64. The second kappa shape index (κ2) is 6.66. The van der Waals surface area contributed by atoms with E-state index in [4.69, 9.17) is 5.73 Å². The highest BCUT2D eigenvalue weighted by Crippen LogP contribution is 2.25. The van der Waals surface area contributed by atoms with E-state index in [1.165, 1.54) is 12.1 Å². The number of rotatable bonds is 6. The van der Waals surface area contributed by atoms with Crippen LogP contribution in [-0.2, 0) is 6.42 Å². The predicted molar refractivity (Wildman–Crippen MR) is 77.2 cm³/mol. The molecule has 0 aromatic heterocycles. The highest BCUT2D eigenvalue weighted by Gasteiger charge is 2.33. The summed E-state index contributed by atoms with van der Waals surface area (Å²) in [6, 6.07) is 5.74. The Morgan fingerprint density at radius 3 is 2.10 bits per heavy atom. The summed E-state index contributed by atoms with van der Waals surface area (Å²) in [7, 11) is 3.95. The normalized spacial score (nSPS) is 16.6. The topological polar surface area (TPSA) is 38.5 Å². The number of alkyl halides is 3. The van der Waals surface area contributed by atoms with Crippen LogP contribution >= 0.6 is 0 Å². The molecule has 3 nitrogen and oxygen atoms in total. The Hall–Kier alpha value is -1.27. The molecule has 0 aliphatic rings. The van der Waals surface area contributed by atoms with E-state index in [1.54, 1.807) is 12.1 Å². The van der Waals surface area contributed by atoms with Gasteiger partial charge in [0, 0.05) is 11.6 Å². The van der Waals surface area contributed by atoms with Gasteiger partial charge in [-0.3, -0.25) is 0 Å². The highest BCUT2D eigenvalue weighted by molar-refractivity contribution is 5.28. The minimum absolute atomic E-state index is 0.119.